The number of hydrogen-bond acceptors (Lipinski definition) is 5. The van der Waals surface area contributed by atoms with Crippen molar-refractivity contribution in [3.63, 3.8) is 0 Å². The molecule has 2 fully saturated rings. The van der Waals surface area contributed by atoms with E-state index in [9.17, 15) is 21.6 Å². The third kappa shape index (κ3) is 5.27. The van der Waals surface area contributed by atoms with Gasteiger partial charge in [-0.15, -0.1) is 0 Å². The van der Waals surface area contributed by atoms with E-state index in [1.165, 1.54) is 6.33 Å². The maximum absolute atomic E-state index is 12.8. The van der Waals surface area contributed by atoms with Crippen molar-refractivity contribution in [3.8, 4) is 11.1 Å². The molecule has 6 nitrogen and oxygen atoms in total. The molecule has 0 saturated heterocycles. The molecule has 1 aromatic heterocycles. The first-order valence-electron chi connectivity index (χ1n) is 10.8. The fraction of sp³-hybridized carbons (Fsp3) is 0.391. The Morgan fingerprint density at radius 2 is 1.76 bits per heavy atom. The van der Waals surface area contributed by atoms with Crippen LogP contribution < -0.4 is 5.32 Å². The van der Waals surface area contributed by atoms with Gasteiger partial charge in [0.1, 0.15) is 12.1 Å². The van der Waals surface area contributed by atoms with Gasteiger partial charge in [-0.25, -0.2) is 18.4 Å². The quantitative estimate of drug-likeness (QED) is 0.509. The van der Waals surface area contributed by atoms with Gasteiger partial charge in [0, 0.05) is 24.0 Å². The van der Waals surface area contributed by atoms with Crippen molar-refractivity contribution in [2.45, 2.75) is 50.5 Å². The summed E-state index contributed by atoms with van der Waals surface area (Å²) in [5, 5.41) is 4.30. The number of fused-ring (bicyclic) bond motifs is 1. The molecule has 0 spiro atoms. The number of rotatable bonds is 8. The van der Waals surface area contributed by atoms with E-state index in [-0.39, 0.29) is 12.6 Å². The minimum absolute atomic E-state index is 0.0813. The lowest BCUT2D eigenvalue weighted by Gasteiger charge is -2.23. The maximum Gasteiger partial charge on any atom is 0.404 e. The normalized spacial score (nSPS) is 17.0. The van der Waals surface area contributed by atoms with Gasteiger partial charge < -0.3 is 5.32 Å². The third-order valence-corrected chi connectivity index (χ3v) is 7.64. The Bertz CT molecular complexity index is 1290. The van der Waals surface area contributed by atoms with Crippen LogP contribution in [0.15, 0.2) is 48.8 Å². The molecule has 10 heteroatoms. The Hall–Kier alpha value is -2.72. The molecule has 2 saturated carbocycles. The predicted molar refractivity (Wildman–Crippen MR) is 120 cm³/mol. The van der Waals surface area contributed by atoms with E-state index < -0.39 is 22.0 Å². The number of aromatic nitrogens is 2. The van der Waals surface area contributed by atoms with E-state index in [0.717, 1.165) is 45.0 Å². The van der Waals surface area contributed by atoms with Gasteiger partial charge in [-0.2, -0.15) is 17.5 Å². The maximum atomic E-state index is 12.8. The summed E-state index contributed by atoms with van der Waals surface area (Å²) in [6.07, 6.45) is 0.148. The van der Waals surface area contributed by atoms with Crippen LogP contribution in [-0.4, -0.2) is 46.7 Å². The molecular formula is C23H23F3N4O2S. The minimum atomic E-state index is -4.77. The zero-order valence-corrected chi connectivity index (χ0v) is 18.5. The summed E-state index contributed by atoms with van der Waals surface area (Å²) >= 11 is 0. The monoisotopic (exact) mass is 476 g/mol. The summed E-state index contributed by atoms with van der Waals surface area (Å²) in [7, 11) is -4.45. The summed E-state index contributed by atoms with van der Waals surface area (Å²) in [5.41, 5.74) is 3.20. The Morgan fingerprint density at radius 3 is 2.45 bits per heavy atom. The van der Waals surface area contributed by atoms with Crippen molar-refractivity contribution in [2.24, 2.45) is 0 Å². The average molecular weight is 477 g/mol. The number of anilines is 1. The minimum Gasteiger partial charge on any atom is -0.367 e. The third-order valence-electron chi connectivity index (χ3n) is 5.81. The first kappa shape index (κ1) is 22.1. The number of alkyl halides is 3. The standard InChI is InChI=1S/C23H23F3N4O2S/c24-23(25,26)13-33(31,32)30(19-7-8-19)12-15-2-1-3-16(10-15)17-4-9-21-20(11-17)22(28-14-27-21)29-18-5-6-18/h1-4,9-11,14,18-19H,5-8,12-13H2,(H,27,28,29). The van der Waals surface area contributed by atoms with Gasteiger partial charge in [0.2, 0.25) is 10.0 Å². The number of nitrogens with zero attached hydrogens (tertiary/aromatic N) is 3. The zero-order valence-electron chi connectivity index (χ0n) is 17.7. The molecule has 2 aliphatic rings. The van der Waals surface area contributed by atoms with Crippen molar-refractivity contribution in [2.75, 3.05) is 11.1 Å². The summed E-state index contributed by atoms with van der Waals surface area (Å²) in [4.78, 5) is 8.70. The topological polar surface area (TPSA) is 75.2 Å². The van der Waals surface area contributed by atoms with Gasteiger partial charge >= 0.3 is 6.18 Å². The van der Waals surface area contributed by atoms with E-state index in [4.69, 9.17) is 0 Å². The lowest BCUT2D eigenvalue weighted by molar-refractivity contribution is -0.107. The highest BCUT2D eigenvalue weighted by atomic mass is 32.2. The van der Waals surface area contributed by atoms with Gasteiger partial charge in [0.15, 0.2) is 5.75 Å². The molecule has 0 aliphatic heterocycles. The second-order valence-electron chi connectivity index (χ2n) is 8.72. The van der Waals surface area contributed by atoms with Crippen LogP contribution in [-0.2, 0) is 16.6 Å². The molecule has 2 aromatic carbocycles. The fourth-order valence-corrected chi connectivity index (χ4v) is 5.50. The zero-order chi connectivity index (χ0) is 23.2. The molecule has 0 unspecified atom stereocenters. The van der Waals surface area contributed by atoms with Crippen LogP contribution >= 0.6 is 0 Å². The van der Waals surface area contributed by atoms with Crippen molar-refractivity contribution in [1.82, 2.24) is 14.3 Å². The number of benzene rings is 2. The summed E-state index contributed by atoms with van der Waals surface area (Å²) in [6, 6.07) is 13.1. The smallest absolute Gasteiger partial charge is 0.367 e. The Balaban J connectivity index is 1.43. The molecule has 3 aromatic rings. The van der Waals surface area contributed by atoms with Gasteiger partial charge in [-0.1, -0.05) is 24.3 Å². The van der Waals surface area contributed by atoms with E-state index in [1.807, 2.05) is 30.3 Å². The molecule has 33 heavy (non-hydrogen) atoms. The summed E-state index contributed by atoms with van der Waals surface area (Å²) < 4.78 is 64.4. The largest absolute Gasteiger partial charge is 0.404 e. The van der Waals surface area contributed by atoms with Gasteiger partial charge in [0.05, 0.1) is 5.52 Å². The van der Waals surface area contributed by atoms with E-state index >= 15 is 0 Å². The molecule has 1 N–H and O–H groups in total. The Labute approximate surface area is 189 Å². The van der Waals surface area contributed by atoms with E-state index in [1.54, 1.807) is 12.1 Å². The molecule has 0 atom stereocenters. The lowest BCUT2D eigenvalue weighted by atomic mass is 10.0. The lowest BCUT2D eigenvalue weighted by Crippen LogP contribution is -2.38. The van der Waals surface area contributed by atoms with E-state index in [2.05, 4.69) is 15.3 Å². The van der Waals surface area contributed by atoms with Crippen LogP contribution in [0.1, 0.15) is 31.2 Å². The molecular weight excluding hydrogens is 453 g/mol. The second-order valence-corrected chi connectivity index (χ2v) is 10.6. The molecule has 0 bridgehead atoms. The van der Waals surface area contributed by atoms with Crippen molar-refractivity contribution in [3.05, 3.63) is 54.4 Å². The first-order valence-corrected chi connectivity index (χ1v) is 12.5. The van der Waals surface area contributed by atoms with Crippen molar-refractivity contribution in [1.29, 1.82) is 0 Å². The van der Waals surface area contributed by atoms with Crippen LogP contribution in [0.2, 0.25) is 0 Å². The van der Waals surface area contributed by atoms with Crippen LogP contribution in [0.3, 0.4) is 0 Å². The number of sulfonamides is 1. The van der Waals surface area contributed by atoms with Gasteiger partial charge in [0.25, 0.3) is 0 Å². The number of halogens is 3. The Kier molecular flexibility index (Phi) is 5.52. The highest BCUT2D eigenvalue weighted by Crippen LogP contribution is 2.34. The van der Waals surface area contributed by atoms with Gasteiger partial charge in [-0.3, -0.25) is 0 Å². The summed E-state index contributed by atoms with van der Waals surface area (Å²) in [6.45, 7) is -0.0813. The van der Waals surface area contributed by atoms with Crippen molar-refractivity contribution < 1.29 is 21.6 Å². The SMILES string of the molecule is O=S(=O)(CC(F)(F)F)N(Cc1cccc(-c2ccc3ncnc(NC4CC4)c3c2)c1)C1CC1. The van der Waals surface area contributed by atoms with Crippen LogP contribution in [0.25, 0.3) is 22.0 Å². The van der Waals surface area contributed by atoms with Gasteiger partial charge in [-0.05, 0) is 60.6 Å². The second kappa shape index (κ2) is 8.25. The first-order chi connectivity index (χ1) is 15.7. The molecule has 0 radical (unpaired) electrons. The highest BCUT2D eigenvalue weighted by Gasteiger charge is 2.43. The predicted octanol–water partition coefficient (Wildman–Crippen LogP) is 4.73. The molecule has 1 heterocycles. The van der Waals surface area contributed by atoms with E-state index in [0.29, 0.717) is 24.4 Å². The average Bonchev–Trinajstić information content (AvgIpc) is 3.65. The molecule has 174 valence electrons. The highest BCUT2D eigenvalue weighted by molar-refractivity contribution is 7.89. The summed E-state index contributed by atoms with van der Waals surface area (Å²) in [5.74, 6) is -1.06. The number of nitrogens with one attached hydrogen (secondary N) is 1. The molecule has 2 aliphatic carbocycles. The van der Waals surface area contributed by atoms with Crippen LogP contribution in [0.5, 0.6) is 0 Å². The van der Waals surface area contributed by atoms with Crippen LogP contribution in [0, 0.1) is 0 Å². The Morgan fingerprint density at radius 1 is 1.00 bits per heavy atom. The fourth-order valence-electron chi connectivity index (χ4n) is 3.91. The number of hydrogen-bond donors (Lipinski definition) is 1. The molecule has 5 rings (SSSR count). The molecule has 0 amide bonds. The van der Waals surface area contributed by atoms with Crippen LogP contribution in [0.4, 0.5) is 19.0 Å². The van der Waals surface area contributed by atoms with Crippen molar-refractivity contribution >= 4 is 26.7 Å².